The standard InChI is InChI=1S/C12H10F3NO3S/c1-2-19-11(18)5-7-8(6-16)9(17)3-4-10(7)20-12(13,14)15/h3-4,17H,2,5H2,1H3. The lowest BCUT2D eigenvalue weighted by Gasteiger charge is -2.13. The molecule has 0 amide bonds. The number of hydrogen-bond acceptors (Lipinski definition) is 5. The Hall–Kier alpha value is -1.88. The Kier molecular flexibility index (Phi) is 5.27. The maximum absolute atomic E-state index is 12.4. The molecule has 0 saturated carbocycles. The van der Waals surface area contributed by atoms with Crippen molar-refractivity contribution >= 4 is 17.7 Å². The quantitative estimate of drug-likeness (QED) is 0.684. The second-order valence-electron chi connectivity index (χ2n) is 3.58. The van der Waals surface area contributed by atoms with Gasteiger partial charge in [0.05, 0.1) is 18.6 Å². The van der Waals surface area contributed by atoms with Gasteiger partial charge in [0.2, 0.25) is 0 Å². The summed E-state index contributed by atoms with van der Waals surface area (Å²) < 4.78 is 42.0. The van der Waals surface area contributed by atoms with E-state index in [2.05, 4.69) is 4.74 Å². The number of phenolic OH excluding ortho intramolecular Hbond substituents is 1. The highest BCUT2D eigenvalue weighted by atomic mass is 32.2. The van der Waals surface area contributed by atoms with E-state index in [0.29, 0.717) is 0 Å². The van der Waals surface area contributed by atoms with E-state index in [1.807, 2.05) is 0 Å². The summed E-state index contributed by atoms with van der Waals surface area (Å²) in [4.78, 5) is 11.1. The summed E-state index contributed by atoms with van der Waals surface area (Å²) in [5.41, 5.74) is -5.10. The van der Waals surface area contributed by atoms with Gasteiger partial charge in [-0.05, 0) is 36.4 Å². The number of benzene rings is 1. The van der Waals surface area contributed by atoms with Gasteiger partial charge in [-0.25, -0.2) is 0 Å². The molecule has 108 valence electrons. The number of nitrogens with zero attached hydrogens (tertiary/aromatic N) is 1. The maximum Gasteiger partial charge on any atom is 0.446 e. The summed E-state index contributed by atoms with van der Waals surface area (Å²) in [6.45, 7) is 1.62. The van der Waals surface area contributed by atoms with Gasteiger partial charge in [-0.15, -0.1) is 0 Å². The van der Waals surface area contributed by atoms with E-state index in [9.17, 15) is 23.1 Å². The number of halogens is 3. The molecule has 1 N–H and O–H groups in total. The number of nitriles is 1. The van der Waals surface area contributed by atoms with Gasteiger partial charge in [-0.1, -0.05) is 0 Å². The van der Waals surface area contributed by atoms with Crippen LogP contribution in [0.3, 0.4) is 0 Å². The molecule has 0 aliphatic carbocycles. The number of ether oxygens (including phenoxy) is 1. The first kappa shape index (κ1) is 16.2. The number of thioether (sulfide) groups is 1. The topological polar surface area (TPSA) is 70.3 Å². The number of carbonyl (C=O) groups is 1. The molecule has 4 nitrogen and oxygen atoms in total. The van der Waals surface area contributed by atoms with E-state index < -0.39 is 35.4 Å². The normalized spacial score (nSPS) is 10.9. The van der Waals surface area contributed by atoms with Crippen molar-refractivity contribution in [3.05, 3.63) is 23.3 Å². The number of carbonyl (C=O) groups excluding carboxylic acids is 1. The Morgan fingerprint density at radius 2 is 2.15 bits per heavy atom. The van der Waals surface area contributed by atoms with Gasteiger partial charge in [0, 0.05) is 4.90 Å². The number of rotatable bonds is 4. The van der Waals surface area contributed by atoms with Gasteiger partial charge >= 0.3 is 11.5 Å². The minimum absolute atomic E-state index is 0.0707. The molecule has 0 aliphatic heterocycles. The van der Waals surface area contributed by atoms with Crippen LogP contribution in [0.15, 0.2) is 17.0 Å². The van der Waals surface area contributed by atoms with Crippen LogP contribution >= 0.6 is 11.8 Å². The summed E-state index contributed by atoms with van der Waals surface area (Å²) in [5, 5.41) is 18.4. The summed E-state index contributed by atoms with van der Waals surface area (Å²) in [6, 6.07) is 3.60. The molecule has 0 spiro atoms. The van der Waals surface area contributed by atoms with E-state index in [-0.39, 0.29) is 22.6 Å². The van der Waals surface area contributed by atoms with Crippen LogP contribution in [-0.2, 0) is 16.0 Å². The molecule has 8 heteroatoms. The van der Waals surface area contributed by atoms with Crippen molar-refractivity contribution in [1.29, 1.82) is 5.26 Å². The molecule has 1 rings (SSSR count). The van der Waals surface area contributed by atoms with Crippen molar-refractivity contribution in [3.63, 3.8) is 0 Å². The van der Waals surface area contributed by atoms with Gasteiger partial charge in [0.1, 0.15) is 11.8 Å². The summed E-state index contributed by atoms with van der Waals surface area (Å²) in [7, 11) is 0. The van der Waals surface area contributed by atoms with Crippen molar-refractivity contribution < 1.29 is 27.8 Å². The third-order valence-corrected chi connectivity index (χ3v) is 3.05. The van der Waals surface area contributed by atoms with E-state index >= 15 is 0 Å². The average Bonchev–Trinajstić information content (AvgIpc) is 2.32. The van der Waals surface area contributed by atoms with Crippen LogP contribution in [0.25, 0.3) is 0 Å². The van der Waals surface area contributed by atoms with Gasteiger partial charge in [0.15, 0.2) is 0 Å². The molecule has 0 atom stereocenters. The molecule has 0 radical (unpaired) electrons. The van der Waals surface area contributed by atoms with E-state index in [1.165, 1.54) is 0 Å². The SMILES string of the molecule is CCOC(=O)Cc1c(SC(F)(F)F)ccc(O)c1C#N. The Morgan fingerprint density at radius 1 is 1.50 bits per heavy atom. The Balaban J connectivity index is 3.24. The van der Waals surface area contributed by atoms with Crippen LogP contribution in [-0.4, -0.2) is 23.2 Å². The predicted octanol–water partition coefficient (Wildman–Crippen LogP) is 2.98. The molecule has 0 saturated heterocycles. The minimum atomic E-state index is -4.56. The van der Waals surface area contributed by atoms with Crippen molar-refractivity contribution in [2.24, 2.45) is 0 Å². The zero-order chi connectivity index (χ0) is 15.3. The summed E-state index contributed by atoms with van der Waals surface area (Å²) >= 11 is -0.444. The van der Waals surface area contributed by atoms with Crippen LogP contribution in [0, 0.1) is 11.3 Å². The molecule has 20 heavy (non-hydrogen) atoms. The first-order chi connectivity index (χ1) is 9.28. The highest BCUT2D eigenvalue weighted by molar-refractivity contribution is 8.00. The van der Waals surface area contributed by atoms with Crippen molar-refractivity contribution in [2.45, 2.75) is 23.7 Å². The minimum Gasteiger partial charge on any atom is -0.507 e. The van der Waals surface area contributed by atoms with E-state index in [0.717, 1.165) is 12.1 Å². The molecule has 0 aliphatic rings. The first-order valence-corrected chi connectivity index (χ1v) is 6.26. The third kappa shape index (κ3) is 4.35. The fourth-order valence-electron chi connectivity index (χ4n) is 1.49. The van der Waals surface area contributed by atoms with Gasteiger partial charge in [0.25, 0.3) is 0 Å². The van der Waals surface area contributed by atoms with E-state index in [4.69, 9.17) is 5.26 Å². The molecule has 0 heterocycles. The van der Waals surface area contributed by atoms with Crippen LogP contribution in [0.5, 0.6) is 5.75 Å². The molecular formula is C12H10F3NO3S. The lowest BCUT2D eigenvalue weighted by atomic mass is 10.0. The fraction of sp³-hybridized carbons (Fsp3) is 0.333. The van der Waals surface area contributed by atoms with Crippen molar-refractivity contribution in [3.8, 4) is 11.8 Å². The fourth-order valence-corrected chi connectivity index (χ4v) is 2.18. The lowest BCUT2D eigenvalue weighted by molar-refractivity contribution is -0.142. The number of aromatic hydroxyl groups is 1. The number of hydrogen-bond donors (Lipinski definition) is 1. The molecule has 0 aromatic heterocycles. The lowest BCUT2D eigenvalue weighted by Crippen LogP contribution is -2.11. The number of phenols is 1. The van der Waals surface area contributed by atoms with Crippen LogP contribution in [0.1, 0.15) is 18.1 Å². The highest BCUT2D eigenvalue weighted by Gasteiger charge is 2.32. The third-order valence-electron chi connectivity index (χ3n) is 2.21. The Labute approximate surface area is 117 Å². The first-order valence-electron chi connectivity index (χ1n) is 5.44. The molecular weight excluding hydrogens is 295 g/mol. The highest BCUT2D eigenvalue weighted by Crippen LogP contribution is 2.41. The van der Waals surface area contributed by atoms with Gasteiger partial charge in [-0.3, -0.25) is 4.79 Å². The summed E-state index contributed by atoms with van der Waals surface area (Å²) in [6.07, 6.45) is -0.510. The van der Waals surface area contributed by atoms with Gasteiger partial charge < -0.3 is 9.84 Å². The van der Waals surface area contributed by atoms with Crippen molar-refractivity contribution in [1.82, 2.24) is 0 Å². The number of esters is 1. The zero-order valence-electron chi connectivity index (χ0n) is 10.3. The molecule has 0 bridgehead atoms. The summed E-state index contributed by atoms with van der Waals surface area (Å²) in [5.74, 6) is -1.24. The second kappa shape index (κ2) is 6.52. The molecule has 1 aromatic carbocycles. The Bertz CT molecular complexity index is 552. The average molecular weight is 305 g/mol. The molecule has 0 unspecified atom stereocenters. The van der Waals surface area contributed by atoms with Crippen molar-refractivity contribution in [2.75, 3.05) is 6.61 Å². The number of alkyl halides is 3. The van der Waals surface area contributed by atoms with E-state index in [1.54, 1.807) is 13.0 Å². The molecule has 0 fully saturated rings. The Morgan fingerprint density at radius 3 is 2.65 bits per heavy atom. The second-order valence-corrected chi connectivity index (χ2v) is 4.68. The van der Waals surface area contributed by atoms with Crippen LogP contribution in [0.2, 0.25) is 0 Å². The van der Waals surface area contributed by atoms with Crippen LogP contribution < -0.4 is 0 Å². The van der Waals surface area contributed by atoms with Crippen LogP contribution in [0.4, 0.5) is 13.2 Å². The maximum atomic E-state index is 12.4. The largest absolute Gasteiger partial charge is 0.507 e. The predicted molar refractivity (Wildman–Crippen MR) is 65.1 cm³/mol. The monoisotopic (exact) mass is 305 g/mol. The van der Waals surface area contributed by atoms with Gasteiger partial charge in [-0.2, -0.15) is 18.4 Å². The molecule has 1 aromatic rings. The zero-order valence-corrected chi connectivity index (χ0v) is 11.1. The smallest absolute Gasteiger partial charge is 0.446 e.